The third kappa shape index (κ3) is 3.61. The normalized spacial score (nSPS) is 18.0. The molecule has 7 heteroatoms. The van der Waals surface area contributed by atoms with E-state index in [1.54, 1.807) is 31.6 Å². The van der Waals surface area contributed by atoms with Crippen LogP contribution in [0.4, 0.5) is 5.82 Å². The van der Waals surface area contributed by atoms with E-state index in [-0.39, 0.29) is 5.91 Å². The maximum atomic E-state index is 12.6. The van der Waals surface area contributed by atoms with Crippen LogP contribution in [0.3, 0.4) is 0 Å². The van der Waals surface area contributed by atoms with Gasteiger partial charge in [0.05, 0.1) is 5.69 Å². The SMILES string of the molecule is Cc1nccc(C(=O)N2CCC[C@H](Cc3nccnc3N)C2)n1. The summed E-state index contributed by atoms with van der Waals surface area (Å²) in [6, 6.07) is 1.67. The molecule has 23 heavy (non-hydrogen) atoms. The van der Waals surface area contributed by atoms with E-state index in [4.69, 9.17) is 5.73 Å². The zero-order valence-corrected chi connectivity index (χ0v) is 13.1. The molecule has 0 aromatic carbocycles. The summed E-state index contributed by atoms with van der Waals surface area (Å²) >= 11 is 0. The van der Waals surface area contributed by atoms with E-state index >= 15 is 0 Å². The Bertz CT molecular complexity index is 704. The van der Waals surface area contributed by atoms with Crippen LogP contribution in [0.2, 0.25) is 0 Å². The molecule has 3 heterocycles. The Morgan fingerprint density at radius 2 is 2.13 bits per heavy atom. The van der Waals surface area contributed by atoms with Gasteiger partial charge in [0.2, 0.25) is 0 Å². The number of aryl methyl sites for hydroxylation is 1. The number of hydrogen-bond acceptors (Lipinski definition) is 6. The highest BCUT2D eigenvalue weighted by molar-refractivity contribution is 5.92. The Morgan fingerprint density at radius 1 is 1.30 bits per heavy atom. The minimum absolute atomic E-state index is 0.0349. The first kappa shape index (κ1) is 15.3. The van der Waals surface area contributed by atoms with E-state index < -0.39 is 0 Å². The molecule has 1 saturated heterocycles. The molecule has 2 N–H and O–H groups in total. The van der Waals surface area contributed by atoms with Gasteiger partial charge in [0.1, 0.15) is 17.3 Å². The zero-order valence-electron chi connectivity index (χ0n) is 13.1. The first-order chi connectivity index (χ1) is 11.1. The van der Waals surface area contributed by atoms with Gasteiger partial charge in [-0.15, -0.1) is 0 Å². The van der Waals surface area contributed by atoms with Crippen molar-refractivity contribution in [3.05, 3.63) is 41.9 Å². The van der Waals surface area contributed by atoms with Crippen molar-refractivity contribution >= 4 is 11.7 Å². The standard InChI is InChI=1S/C16H20N6O/c1-11-18-5-4-13(21-11)16(23)22-8-2-3-12(10-22)9-14-15(17)20-7-6-19-14/h4-7,12H,2-3,8-10H2,1H3,(H2,17,20)/t12-/m1/s1. The number of amides is 1. The number of rotatable bonds is 3. The van der Waals surface area contributed by atoms with Gasteiger partial charge in [0, 0.05) is 31.7 Å². The van der Waals surface area contributed by atoms with E-state index in [1.165, 1.54) is 0 Å². The molecule has 7 nitrogen and oxygen atoms in total. The third-order valence-electron chi connectivity index (χ3n) is 4.09. The highest BCUT2D eigenvalue weighted by atomic mass is 16.2. The van der Waals surface area contributed by atoms with Crippen molar-refractivity contribution in [3.63, 3.8) is 0 Å². The summed E-state index contributed by atoms with van der Waals surface area (Å²) in [5.41, 5.74) is 7.13. The average Bonchev–Trinajstić information content (AvgIpc) is 2.56. The Morgan fingerprint density at radius 3 is 2.91 bits per heavy atom. The molecule has 0 aliphatic carbocycles. The lowest BCUT2D eigenvalue weighted by atomic mass is 9.93. The number of hydrogen-bond donors (Lipinski definition) is 1. The van der Waals surface area contributed by atoms with Crippen molar-refractivity contribution in [1.29, 1.82) is 0 Å². The fourth-order valence-corrected chi connectivity index (χ4v) is 2.96. The number of carbonyl (C=O) groups is 1. The van der Waals surface area contributed by atoms with Gasteiger partial charge in [-0.1, -0.05) is 0 Å². The minimum atomic E-state index is -0.0349. The number of nitrogens with two attached hydrogens (primary N) is 1. The van der Waals surface area contributed by atoms with Gasteiger partial charge in [-0.2, -0.15) is 0 Å². The van der Waals surface area contributed by atoms with Crippen molar-refractivity contribution < 1.29 is 4.79 Å². The lowest BCUT2D eigenvalue weighted by Crippen LogP contribution is -2.41. The number of nitrogens with zero attached hydrogens (tertiary/aromatic N) is 5. The van der Waals surface area contributed by atoms with E-state index in [0.29, 0.717) is 29.8 Å². The summed E-state index contributed by atoms with van der Waals surface area (Å²) in [4.78, 5) is 31.1. The predicted molar refractivity (Wildman–Crippen MR) is 85.5 cm³/mol. The number of aromatic nitrogens is 4. The lowest BCUT2D eigenvalue weighted by Gasteiger charge is -2.32. The molecule has 120 valence electrons. The molecule has 2 aromatic heterocycles. The lowest BCUT2D eigenvalue weighted by molar-refractivity contribution is 0.0666. The van der Waals surface area contributed by atoms with Gasteiger partial charge < -0.3 is 10.6 Å². The second-order valence-corrected chi connectivity index (χ2v) is 5.84. The molecule has 1 amide bonds. The fourth-order valence-electron chi connectivity index (χ4n) is 2.96. The Balaban J connectivity index is 1.68. The Hall–Kier alpha value is -2.57. The topological polar surface area (TPSA) is 97.9 Å². The van der Waals surface area contributed by atoms with Crippen LogP contribution in [-0.4, -0.2) is 43.8 Å². The summed E-state index contributed by atoms with van der Waals surface area (Å²) in [5.74, 6) is 1.39. The first-order valence-electron chi connectivity index (χ1n) is 7.78. The molecule has 0 bridgehead atoms. The highest BCUT2D eigenvalue weighted by Crippen LogP contribution is 2.22. The largest absolute Gasteiger partial charge is 0.382 e. The van der Waals surface area contributed by atoms with Crippen LogP contribution in [-0.2, 0) is 6.42 Å². The molecule has 3 rings (SSSR count). The van der Waals surface area contributed by atoms with Crippen LogP contribution in [0.25, 0.3) is 0 Å². The van der Waals surface area contributed by atoms with E-state index in [2.05, 4.69) is 19.9 Å². The fraction of sp³-hybridized carbons (Fsp3) is 0.438. The molecule has 1 fully saturated rings. The second-order valence-electron chi connectivity index (χ2n) is 5.84. The maximum absolute atomic E-state index is 12.6. The van der Waals surface area contributed by atoms with Gasteiger partial charge >= 0.3 is 0 Å². The summed E-state index contributed by atoms with van der Waals surface area (Å²) < 4.78 is 0. The van der Waals surface area contributed by atoms with Crippen LogP contribution in [0.1, 0.15) is 34.8 Å². The van der Waals surface area contributed by atoms with Crippen molar-refractivity contribution in [2.75, 3.05) is 18.8 Å². The van der Waals surface area contributed by atoms with Gasteiger partial charge in [0.15, 0.2) is 0 Å². The number of likely N-dealkylation sites (tertiary alicyclic amines) is 1. The molecular weight excluding hydrogens is 292 g/mol. The molecule has 2 aromatic rings. The van der Waals surface area contributed by atoms with Crippen molar-refractivity contribution in [1.82, 2.24) is 24.8 Å². The summed E-state index contributed by atoms with van der Waals surface area (Å²) in [5, 5.41) is 0. The predicted octanol–water partition coefficient (Wildman–Crippen LogP) is 1.25. The Kier molecular flexibility index (Phi) is 4.45. The van der Waals surface area contributed by atoms with Crippen molar-refractivity contribution in [2.45, 2.75) is 26.2 Å². The number of nitrogen functional groups attached to an aromatic ring is 1. The smallest absolute Gasteiger partial charge is 0.272 e. The third-order valence-corrected chi connectivity index (χ3v) is 4.09. The van der Waals surface area contributed by atoms with Crippen molar-refractivity contribution in [3.8, 4) is 0 Å². The van der Waals surface area contributed by atoms with E-state index in [0.717, 1.165) is 31.5 Å². The van der Waals surface area contributed by atoms with Crippen LogP contribution in [0.5, 0.6) is 0 Å². The van der Waals surface area contributed by atoms with Gasteiger partial charge in [-0.3, -0.25) is 9.78 Å². The first-order valence-corrected chi connectivity index (χ1v) is 7.78. The van der Waals surface area contributed by atoms with Gasteiger partial charge in [-0.05, 0) is 38.2 Å². The number of anilines is 1. The minimum Gasteiger partial charge on any atom is -0.382 e. The van der Waals surface area contributed by atoms with Crippen molar-refractivity contribution in [2.24, 2.45) is 5.92 Å². The van der Waals surface area contributed by atoms with E-state index in [9.17, 15) is 4.79 Å². The second kappa shape index (κ2) is 6.68. The summed E-state index contributed by atoms with van der Waals surface area (Å²) in [6.07, 6.45) is 7.64. The number of carbonyl (C=O) groups excluding carboxylic acids is 1. The molecule has 1 aliphatic heterocycles. The molecular formula is C16H20N6O. The number of piperidine rings is 1. The van der Waals surface area contributed by atoms with Crippen LogP contribution < -0.4 is 5.73 Å². The van der Waals surface area contributed by atoms with Crippen LogP contribution in [0, 0.1) is 12.8 Å². The molecule has 0 spiro atoms. The summed E-state index contributed by atoms with van der Waals surface area (Å²) in [6.45, 7) is 3.23. The molecule has 1 atom stereocenters. The monoisotopic (exact) mass is 312 g/mol. The van der Waals surface area contributed by atoms with Gasteiger partial charge in [0.25, 0.3) is 5.91 Å². The highest BCUT2D eigenvalue weighted by Gasteiger charge is 2.26. The molecule has 1 aliphatic rings. The zero-order chi connectivity index (χ0) is 16.2. The molecule has 0 saturated carbocycles. The Labute approximate surface area is 135 Å². The molecule has 0 unspecified atom stereocenters. The van der Waals surface area contributed by atoms with Crippen LogP contribution in [0.15, 0.2) is 24.7 Å². The molecule has 0 radical (unpaired) electrons. The van der Waals surface area contributed by atoms with Gasteiger partial charge in [-0.25, -0.2) is 15.0 Å². The quantitative estimate of drug-likeness (QED) is 0.916. The summed E-state index contributed by atoms with van der Waals surface area (Å²) in [7, 11) is 0. The van der Waals surface area contributed by atoms with Crippen LogP contribution >= 0.6 is 0 Å². The van der Waals surface area contributed by atoms with E-state index in [1.807, 2.05) is 4.90 Å². The maximum Gasteiger partial charge on any atom is 0.272 e. The average molecular weight is 312 g/mol.